The molecule has 1 spiro atoms. The third kappa shape index (κ3) is 3.12. The van der Waals surface area contributed by atoms with Crippen molar-refractivity contribution in [2.24, 2.45) is 5.92 Å². The van der Waals surface area contributed by atoms with Gasteiger partial charge in [-0.05, 0) is 38.1 Å². The molecule has 2 heterocycles. The summed E-state index contributed by atoms with van der Waals surface area (Å²) in [6.07, 6.45) is 4.09. The highest BCUT2D eigenvalue weighted by atomic mass is 19.3. The molecule has 3 fully saturated rings. The summed E-state index contributed by atoms with van der Waals surface area (Å²) in [5.41, 5.74) is -0.179. The van der Waals surface area contributed by atoms with Gasteiger partial charge in [0, 0.05) is 44.4 Å². The first-order valence-corrected chi connectivity index (χ1v) is 8.41. The van der Waals surface area contributed by atoms with Crippen molar-refractivity contribution in [1.82, 2.24) is 9.80 Å². The summed E-state index contributed by atoms with van der Waals surface area (Å²) < 4.78 is 38.6. The topological polar surface area (TPSA) is 23.6 Å². The van der Waals surface area contributed by atoms with E-state index in [1.54, 1.807) is 4.90 Å². The summed E-state index contributed by atoms with van der Waals surface area (Å²) in [4.78, 5) is 16.0. The first-order valence-electron chi connectivity index (χ1n) is 8.41. The fourth-order valence-corrected chi connectivity index (χ4v) is 4.54. The number of alkyl halides is 3. The first kappa shape index (κ1) is 16.1. The van der Waals surface area contributed by atoms with E-state index in [9.17, 15) is 18.0 Å². The minimum atomic E-state index is -2.45. The number of nitrogens with zero attached hydrogens (tertiary/aromatic N) is 2. The molecule has 0 N–H and O–H groups in total. The summed E-state index contributed by atoms with van der Waals surface area (Å²) >= 11 is 0. The summed E-state index contributed by atoms with van der Waals surface area (Å²) in [5, 5.41) is 0. The molecular formula is C16H25F3N2O. The summed E-state index contributed by atoms with van der Waals surface area (Å²) in [6.45, 7) is 2.18. The van der Waals surface area contributed by atoms with Crippen LogP contribution in [0.1, 0.15) is 44.9 Å². The van der Waals surface area contributed by atoms with Crippen LogP contribution in [0.5, 0.6) is 0 Å². The highest BCUT2D eigenvalue weighted by Crippen LogP contribution is 2.43. The van der Waals surface area contributed by atoms with Gasteiger partial charge in [-0.3, -0.25) is 4.79 Å². The van der Waals surface area contributed by atoms with E-state index in [0.717, 1.165) is 45.3 Å². The summed E-state index contributed by atoms with van der Waals surface area (Å²) in [6, 6.07) is 0. The van der Waals surface area contributed by atoms with Crippen molar-refractivity contribution >= 4 is 5.91 Å². The van der Waals surface area contributed by atoms with Crippen LogP contribution in [0, 0.1) is 5.92 Å². The van der Waals surface area contributed by atoms with Gasteiger partial charge >= 0.3 is 0 Å². The van der Waals surface area contributed by atoms with Gasteiger partial charge in [-0.15, -0.1) is 0 Å². The molecule has 0 aromatic rings. The van der Waals surface area contributed by atoms with Crippen LogP contribution < -0.4 is 0 Å². The Morgan fingerprint density at radius 1 is 1.14 bits per heavy atom. The number of likely N-dealkylation sites (tertiary alicyclic amines) is 2. The molecule has 6 heteroatoms. The second-order valence-electron chi connectivity index (χ2n) is 7.24. The molecule has 0 bridgehead atoms. The van der Waals surface area contributed by atoms with Crippen LogP contribution in [0.3, 0.4) is 0 Å². The van der Waals surface area contributed by atoms with Crippen molar-refractivity contribution in [1.29, 1.82) is 0 Å². The Morgan fingerprint density at radius 2 is 1.91 bits per heavy atom. The van der Waals surface area contributed by atoms with E-state index in [1.165, 1.54) is 0 Å². The Balaban J connectivity index is 1.56. The van der Waals surface area contributed by atoms with Crippen LogP contribution in [-0.2, 0) is 4.79 Å². The Bertz CT molecular complexity index is 424. The van der Waals surface area contributed by atoms with E-state index >= 15 is 0 Å². The summed E-state index contributed by atoms with van der Waals surface area (Å²) in [5.74, 6) is -2.27. The van der Waals surface area contributed by atoms with Crippen molar-refractivity contribution in [3.8, 4) is 0 Å². The molecule has 1 unspecified atom stereocenters. The third-order valence-electron chi connectivity index (χ3n) is 5.69. The van der Waals surface area contributed by atoms with Gasteiger partial charge in [-0.2, -0.15) is 0 Å². The maximum absolute atomic E-state index is 12.9. The molecule has 2 aliphatic heterocycles. The second-order valence-corrected chi connectivity index (χ2v) is 7.24. The Kier molecular flexibility index (Phi) is 4.40. The maximum Gasteiger partial charge on any atom is 0.248 e. The monoisotopic (exact) mass is 318 g/mol. The van der Waals surface area contributed by atoms with Gasteiger partial charge in [0.25, 0.3) is 0 Å². The van der Waals surface area contributed by atoms with Crippen LogP contribution in [-0.4, -0.2) is 60.0 Å². The van der Waals surface area contributed by atoms with Gasteiger partial charge in [-0.1, -0.05) is 0 Å². The second kappa shape index (κ2) is 6.02. The van der Waals surface area contributed by atoms with E-state index < -0.39 is 12.6 Å². The molecule has 3 aliphatic rings. The molecule has 22 heavy (non-hydrogen) atoms. The number of hydrogen-bond donors (Lipinski definition) is 0. The van der Waals surface area contributed by atoms with E-state index in [0.29, 0.717) is 6.42 Å². The van der Waals surface area contributed by atoms with E-state index in [1.807, 2.05) is 0 Å². The van der Waals surface area contributed by atoms with Crippen LogP contribution in [0.25, 0.3) is 0 Å². The molecule has 1 saturated carbocycles. The van der Waals surface area contributed by atoms with E-state index in [4.69, 9.17) is 0 Å². The average Bonchev–Trinajstić information content (AvgIpc) is 2.61. The molecular weight excluding hydrogens is 293 g/mol. The van der Waals surface area contributed by atoms with Crippen molar-refractivity contribution in [2.45, 2.75) is 56.4 Å². The van der Waals surface area contributed by atoms with Crippen LogP contribution in [0.2, 0.25) is 0 Å². The fourth-order valence-electron chi connectivity index (χ4n) is 4.54. The lowest BCUT2D eigenvalue weighted by molar-refractivity contribution is -0.132. The lowest BCUT2D eigenvalue weighted by Crippen LogP contribution is -2.47. The predicted molar refractivity (Wildman–Crippen MR) is 77.6 cm³/mol. The summed E-state index contributed by atoms with van der Waals surface area (Å²) in [7, 11) is 0. The van der Waals surface area contributed by atoms with Gasteiger partial charge in [0.05, 0.1) is 0 Å². The number of amides is 1. The quantitative estimate of drug-likeness (QED) is 0.796. The maximum atomic E-state index is 12.9. The normalized spacial score (nSPS) is 33.2. The lowest BCUT2D eigenvalue weighted by Gasteiger charge is -2.39. The Morgan fingerprint density at radius 3 is 2.59 bits per heavy atom. The highest BCUT2D eigenvalue weighted by molar-refractivity contribution is 5.79. The molecule has 1 aliphatic carbocycles. The third-order valence-corrected chi connectivity index (χ3v) is 5.69. The van der Waals surface area contributed by atoms with Gasteiger partial charge in [0.2, 0.25) is 11.8 Å². The molecule has 1 amide bonds. The van der Waals surface area contributed by atoms with Crippen molar-refractivity contribution in [2.75, 3.05) is 32.9 Å². The average molecular weight is 318 g/mol. The van der Waals surface area contributed by atoms with Crippen LogP contribution in [0.15, 0.2) is 0 Å². The number of hydrogen-bond acceptors (Lipinski definition) is 2. The molecule has 2 saturated heterocycles. The number of halogens is 3. The number of rotatable bonds is 4. The molecule has 1 atom stereocenters. The van der Waals surface area contributed by atoms with Crippen molar-refractivity contribution < 1.29 is 18.0 Å². The van der Waals surface area contributed by atoms with Crippen LogP contribution in [0.4, 0.5) is 13.2 Å². The zero-order chi connectivity index (χ0) is 15.8. The first-order chi connectivity index (χ1) is 10.4. The smallest absolute Gasteiger partial charge is 0.248 e. The standard InChI is InChI=1S/C16H25F3N2O/c17-6-9-21-14(22)2-4-15(21)3-1-7-20(8-5-15)12-13-10-16(18,19)11-13/h13H,1-12H2. The van der Waals surface area contributed by atoms with Gasteiger partial charge in [-0.25, -0.2) is 13.2 Å². The zero-order valence-corrected chi connectivity index (χ0v) is 13.0. The minimum absolute atomic E-state index is 0.0150. The molecule has 3 nitrogen and oxygen atoms in total. The van der Waals surface area contributed by atoms with Gasteiger partial charge < -0.3 is 9.80 Å². The number of carbonyl (C=O) groups excluding carboxylic acids is 1. The molecule has 3 rings (SSSR count). The molecule has 0 aromatic carbocycles. The largest absolute Gasteiger partial charge is 0.334 e. The fraction of sp³-hybridized carbons (Fsp3) is 0.938. The SMILES string of the molecule is O=C1CCC2(CCCN(CC3CC(F)(F)C3)CC2)N1CCF. The van der Waals surface area contributed by atoms with Gasteiger partial charge in [0.15, 0.2) is 0 Å². The minimum Gasteiger partial charge on any atom is -0.334 e. The Hall–Kier alpha value is -0.780. The van der Waals surface area contributed by atoms with Gasteiger partial charge in [0.1, 0.15) is 6.67 Å². The zero-order valence-electron chi connectivity index (χ0n) is 13.0. The van der Waals surface area contributed by atoms with E-state index in [-0.39, 0.29) is 36.8 Å². The Labute approximate surface area is 129 Å². The molecule has 126 valence electrons. The molecule has 0 aromatic heterocycles. The predicted octanol–water partition coefficient (Wildman–Crippen LogP) is 2.85. The van der Waals surface area contributed by atoms with E-state index in [2.05, 4.69) is 4.90 Å². The molecule has 0 radical (unpaired) electrons. The lowest BCUT2D eigenvalue weighted by atomic mass is 9.81. The van der Waals surface area contributed by atoms with Crippen molar-refractivity contribution in [3.63, 3.8) is 0 Å². The van der Waals surface area contributed by atoms with Crippen molar-refractivity contribution in [3.05, 3.63) is 0 Å². The highest BCUT2D eigenvalue weighted by Gasteiger charge is 2.47. The van der Waals surface area contributed by atoms with Crippen LogP contribution >= 0.6 is 0 Å². The number of carbonyl (C=O) groups is 1.